The lowest BCUT2D eigenvalue weighted by atomic mass is 9.49. The fraction of sp³-hybridized carbons (Fsp3) is 0.417. The van der Waals surface area contributed by atoms with Crippen molar-refractivity contribution in [3.8, 4) is 16.9 Å². The van der Waals surface area contributed by atoms with Crippen LogP contribution in [0.2, 0.25) is 0 Å². The van der Waals surface area contributed by atoms with Gasteiger partial charge in [0.05, 0.1) is 17.7 Å². The molecule has 2 bridgehead atoms. The number of hydrogen-bond acceptors (Lipinski definition) is 5. The first-order chi connectivity index (χ1) is 20.8. The number of aromatic hydroxyl groups is 1. The molecule has 4 aliphatic rings. The fourth-order valence-corrected chi connectivity index (χ4v) is 8.04. The van der Waals surface area contributed by atoms with Crippen LogP contribution in [-0.2, 0) is 23.1 Å². The number of nitrogens with zero attached hydrogens (tertiary/aromatic N) is 2. The molecule has 3 fully saturated rings. The van der Waals surface area contributed by atoms with Crippen LogP contribution in [0.25, 0.3) is 16.0 Å². The van der Waals surface area contributed by atoms with E-state index in [1.807, 2.05) is 54.6 Å². The SMILES string of the molecule is [C-]#[N+]c1ccc(-c2ccc(CCNC(=O)c3ccc4c(c3O)[C@]35CCN(CC6CC6)[C@H](C4)[C@]3(O)CCC(=O)C5)cc2)cc1. The van der Waals surface area contributed by atoms with Gasteiger partial charge in [0.25, 0.3) is 5.91 Å². The number of carbonyl (C=O) groups excluding carboxylic acids is 2. The lowest BCUT2D eigenvalue weighted by Gasteiger charge is -2.63. The van der Waals surface area contributed by atoms with E-state index in [2.05, 4.69) is 15.1 Å². The van der Waals surface area contributed by atoms with Gasteiger partial charge in [-0.25, -0.2) is 4.85 Å². The second-order valence-electron chi connectivity index (χ2n) is 13.0. The number of amides is 1. The number of phenolic OH excluding ortho intramolecular Hbond substituents is 1. The highest BCUT2D eigenvalue weighted by atomic mass is 16.3. The zero-order chi connectivity index (χ0) is 29.8. The first-order valence-corrected chi connectivity index (χ1v) is 15.5. The molecule has 0 unspecified atom stereocenters. The van der Waals surface area contributed by atoms with Crippen molar-refractivity contribution in [2.75, 3.05) is 19.6 Å². The van der Waals surface area contributed by atoms with Gasteiger partial charge in [-0.15, -0.1) is 0 Å². The maximum absolute atomic E-state index is 13.4. The number of piperidine rings is 1. The molecule has 43 heavy (non-hydrogen) atoms. The predicted octanol–water partition coefficient (Wildman–Crippen LogP) is 5.34. The molecule has 3 atom stereocenters. The van der Waals surface area contributed by atoms with Crippen LogP contribution < -0.4 is 5.32 Å². The van der Waals surface area contributed by atoms with E-state index in [9.17, 15) is 19.8 Å². The van der Waals surface area contributed by atoms with Gasteiger partial charge in [0.2, 0.25) is 0 Å². The average Bonchev–Trinajstić information content (AvgIpc) is 3.83. The molecule has 3 aliphatic carbocycles. The van der Waals surface area contributed by atoms with E-state index in [0.29, 0.717) is 55.8 Å². The Hall–Kier alpha value is -3.99. The molecule has 1 amide bonds. The minimum Gasteiger partial charge on any atom is -0.507 e. The van der Waals surface area contributed by atoms with E-state index in [-0.39, 0.29) is 35.5 Å². The smallest absolute Gasteiger partial charge is 0.255 e. The summed E-state index contributed by atoms with van der Waals surface area (Å²) in [4.78, 5) is 32.1. The fourth-order valence-electron chi connectivity index (χ4n) is 8.04. The Morgan fingerprint density at radius 3 is 2.44 bits per heavy atom. The number of benzene rings is 3. The van der Waals surface area contributed by atoms with Gasteiger partial charge in [0.15, 0.2) is 5.69 Å². The summed E-state index contributed by atoms with van der Waals surface area (Å²) in [6, 6.07) is 19.2. The molecule has 0 aromatic heterocycles. The highest BCUT2D eigenvalue weighted by Crippen LogP contribution is 2.60. The van der Waals surface area contributed by atoms with Crippen LogP contribution in [0.1, 0.15) is 65.6 Å². The van der Waals surface area contributed by atoms with Gasteiger partial charge >= 0.3 is 0 Å². The third-order valence-electron chi connectivity index (χ3n) is 10.5. The summed E-state index contributed by atoms with van der Waals surface area (Å²) in [6.07, 6.45) is 5.30. The summed E-state index contributed by atoms with van der Waals surface area (Å²) in [7, 11) is 0. The zero-order valence-corrected chi connectivity index (χ0v) is 24.3. The van der Waals surface area contributed by atoms with Gasteiger partial charge in [-0.05, 0) is 79.3 Å². The minimum atomic E-state index is -1.10. The van der Waals surface area contributed by atoms with Crippen molar-refractivity contribution in [2.24, 2.45) is 5.92 Å². The molecule has 0 spiro atoms. The van der Waals surface area contributed by atoms with Crippen molar-refractivity contribution in [1.82, 2.24) is 10.2 Å². The molecule has 7 heteroatoms. The molecule has 1 saturated heterocycles. The summed E-state index contributed by atoms with van der Waals surface area (Å²) in [5, 5.41) is 27.0. The molecule has 2 saturated carbocycles. The number of phenols is 1. The van der Waals surface area contributed by atoms with Crippen LogP contribution in [0.15, 0.2) is 60.7 Å². The van der Waals surface area contributed by atoms with Crippen LogP contribution in [-0.4, -0.2) is 58.1 Å². The molecule has 1 heterocycles. The Bertz CT molecular complexity index is 1620. The minimum absolute atomic E-state index is 0.0777. The maximum atomic E-state index is 13.4. The van der Waals surface area contributed by atoms with Crippen molar-refractivity contribution in [3.05, 3.63) is 94.3 Å². The summed E-state index contributed by atoms with van der Waals surface area (Å²) >= 11 is 0. The second kappa shape index (κ2) is 10.6. The first-order valence-electron chi connectivity index (χ1n) is 15.5. The summed E-state index contributed by atoms with van der Waals surface area (Å²) in [6.45, 7) is 9.29. The molecule has 3 aromatic rings. The second-order valence-corrected chi connectivity index (χ2v) is 13.0. The Morgan fingerprint density at radius 2 is 1.74 bits per heavy atom. The normalized spacial score (nSPS) is 26.2. The monoisotopic (exact) mass is 575 g/mol. The van der Waals surface area contributed by atoms with Crippen molar-refractivity contribution < 1.29 is 19.8 Å². The molecular weight excluding hydrogens is 538 g/mol. The van der Waals surface area contributed by atoms with Crippen LogP contribution in [0.4, 0.5) is 5.69 Å². The largest absolute Gasteiger partial charge is 0.507 e. The highest BCUT2D eigenvalue weighted by molar-refractivity contribution is 5.98. The lowest BCUT2D eigenvalue weighted by molar-refractivity contribution is -0.173. The molecular formula is C36H37N3O4. The topological polar surface area (TPSA) is 94.2 Å². The van der Waals surface area contributed by atoms with Gasteiger partial charge in [-0.1, -0.05) is 54.6 Å². The zero-order valence-electron chi connectivity index (χ0n) is 24.3. The number of aliphatic hydroxyl groups is 1. The molecule has 3 N–H and O–H groups in total. The number of nitrogens with one attached hydrogen (secondary N) is 1. The van der Waals surface area contributed by atoms with Gasteiger partial charge in [-0.2, -0.15) is 0 Å². The standard InChI is InChI=1S/C36H37N3O4/c1-37-28-11-8-26(9-12-28)25-6-4-23(5-7-25)15-18-38-34(42)30-13-10-27-20-31-36(43)16-14-29(40)21-35(36,32(27)33(30)41)17-19-39(31)22-24-2-3-24/h4-13,24,31,41,43H,2-3,14-22H2,(H,38,42)/t31-,35-,36-/m1/s1. The van der Waals surface area contributed by atoms with E-state index in [4.69, 9.17) is 6.57 Å². The maximum Gasteiger partial charge on any atom is 0.255 e. The van der Waals surface area contributed by atoms with E-state index >= 15 is 0 Å². The number of ketones is 1. The number of likely N-dealkylation sites (tertiary alicyclic amines) is 1. The summed E-state index contributed by atoms with van der Waals surface area (Å²) in [5.41, 5.74) is 3.60. The third kappa shape index (κ3) is 4.74. The number of fused-ring (bicyclic) bond motifs is 1. The quantitative estimate of drug-likeness (QED) is 0.331. The number of Topliss-reactive ketones (excluding diaryl/α,β-unsaturated/α-hetero) is 1. The van der Waals surface area contributed by atoms with Crippen molar-refractivity contribution in [3.63, 3.8) is 0 Å². The van der Waals surface area contributed by atoms with Crippen LogP contribution >= 0.6 is 0 Å². The van der Waals surface area contributed by atoms with Crippen molar-refractivity contribution in [2.45, 2.75) is 68.4 Å². The van der Waals surface area contributed by atoms with E-state index in [0.717, 1.165) is 35.3 Å². The summed E-state index contributed by atoms with van der Waals surface area (Å²) < 4.78 is 0. The Labute approximate surface area is 252 Å². The Morgan fingerprint density at radius 1 is 1.02 bits per heavy atom. The highest BCUT2D eigenvalue weighted by Gasteiger charge is 2.65. The van der Waals surface area contributed by atoms with Crippen molar-refractivity contribution >= 4 is 17.4 Å². The average molecular weight is 576 g/mol. The number of carbonyl (C=O) groups is 2. The third-order valence-corrected chi connectivity index (χ3v) is 10.5. The lowest BCUT2D eigenvalue weighted by Crippen LogP contribution is -2.73. The van der Waals surface area contributed by atoms with E-state index < -0.39 is 11.0 Å². The number of hydrogen-bond donors (Lipinski definition) is 3. The van der Waals surface area contributed by atoms with E-state index in [1.54, 1.807) is 6.07 Å². The Balaban J connectivity index is 1.08. The van der Waals surface area contributed by atoms with Gasteiger partial charge < -0.3 is 15.5 Å². The molecule has 7 rings (SSSR count). The molecule has 0 radical (unpaired) electrons. The molecule has 7 nitrogen and oxygen atoms in total. The van der Waals surface area contributed by atoms with Crippen LogP contribution in [0.5, 0.6) is 5.75 Å². The molecule has 220 valence electrons. The van der Waals surface area contributed by atoms with Crippen molar-refractivity contribution in [1.29, 1.82) is 0 Å². The van der Waals surface area contributed by atoms with Gasteiger partial charge in [-0.3, -0.25) is 14.5 Å². The molecule has 3 aromatic carbocycles. The Kier molecular flexibility index (Phi) is 6.87. The van der Waals surface area contributed by atoms with E-state index in [1.165, 1.54) is 12.8 Å². The predicted molar refractivity (Wildman–Crippen MR) is 164 cm³/mol. The summed E-state index contributed by atoms with van der Waals surface area (Å²) in [5.74, 6) is 0.383. The van der Waals surface area contributed by atoms with Gasteiger partial charge in [0, 0.05) is 43.0 Å². The molecule has 1 aliphatic heterocycles. The van der Waals surface area contributed by atoms with Crippen LogP contribution in [0.3, 0.4) is 0 Å². The number of rotatable bonds is 7. The van der Waals surface area contributed by atoms with Crippen LogP contribution in [0, 0.1) is 12.5 Å². The van der Waals surface area contributed by atoms with Gasteiger partial charge in [0.1, 0.15) is 11.5 Å². The first kappa shape index (κ1) is 27.8.